The van der Waals surface area contributed by atoms with Crippen LogP contribution in [-0.4, -0.2) is 20.4 Å². The molecule has 3 amide bonds. The number of benzene rings is 1. The highest BCUT2D eigenvalue weighted by Gasteiger charge is 2.18. The highest BCUT2D eigenvalue weighted by molar-refractivity contribution is 7.90. The van der Waals surface area contributed by atoms with E-state index < -0.39 is 22.0 Å². The van der Waals surface area contributed by atoms with Crippen molar-refractivity contribution in [1.82, 2.24) is 10.0 Å². The summed E-state index contributed by atoms with van der Waals surface area (Å²) in [6, 6.07) is 2.93. The van der Waals surface area contributed by atoms with E-state index >= 15 is 0 Å². The third-order valence-corrected chi connectivity index (χ3v) is 3.71. The first-order valence-electron chi connectivity index (χ1n) is 4.83. The summed E-state index contributed by atoms with van der Waals surface area (Å²) >= 11 is 5.79. The molecule has 0 bridgehead atoms. The van der Waals surface area contributed by atoms with Gasteiger partial charge in [-0.1, -0.05) is 17.7 Å². The van der Waals surface area contributed by atoms with E-state index in [1.54, 1.807) is 17.0 Å². The zero-order valence-corrected chi connectivity index (χ0v) is 11.2. The van der Waals surface area contributed by atoms with E-state index in [-0.39, 0.29) is 9.92 Å². The Kier molecular flexibility index (Phi) is 4.31. The molecule has 0 aliphatic rings. The van der Waals surface area contributed by atoms with Gasteiger partial charge in [-0.3, -0.25) is 10.1 Å². The Labute approximate surface area is 109 Å². The Hall–Kier alpha value is -1.60. The van der Waals surface area contributed by atoms with Gasteiger partial charge in [-0.05, 0) is 24.6 Å². The molecule has 0 aliphatic carbocycles. The minimum absolute atomic E-state index is 0.156. The number of carbonyl (C=O) groups is 2. The summed E-state index contributed by atoms with van der Waals surface area (Å²) in [5.41, 5.74) is 0.712. The molecule has 1 aromatic rings. The van der Waals surface area contributed by atoms with Gasteiger partial charge in [0, 0.05) is 11.9 Å². The van der Waals surface area contributed by atoms with Crippen LogP contribution in [0.4, 0.5) is 4.79 Å². The predicted molar refractivity (Wildman–Crippen MR) is 65.7 cm³/mol. The quantitative estimate of drug-likeness (QED) is 0.855. The highest BCUT2D eigenvalue weighted by atomic mass is 35.5. The molecule has 0 fully saturated rings. The first-order valence-corrected chi connectivity index (χ1v) is 6.69. The van der Waals surface area contributed by atoms with Gasteiger partial charge in [-0.2, -0.15) is 0 Å². The second-order valence-corrected chi connectivity index (χ2v) is 5.62. The molecule has 0 saturated carbocycles. The Balaban J connectivity index is 2.96. The number of hydrogen-bond donors (Lipinski definition) is 2. The van der Waals surface area contributed by atoms with E-state index in [9.17, 15) is 18.0 Å². The first kappa shape index (κ1) is 14.5. The zero-order valence-electron chi connectivity index (χ0n) is 9.65. The molecule has 0 aromatic heterocycles. The molecule has 0 radical (unpaired) electrons. The van der Waals surface area contributed by atoms with Crippen molar-refractivity contribution >= 4 is 33.6 Å². The minimum atomic E-state index is -4.04. The number of sulfonamides is 1. The van der Waals surface area contributed by atoms with Crippen molar-refractivity contribution < 1.29 is 18.0 Å². The molecule has 2 N–H and O–H groups in total. The van der Waals surface area contributed by atoms with Gasteiger partial charge in [0.1, 0.15) is 0 Å². The summed E-state index contributed by atoms with van der Waals surface area (Å²) in [5, 5.41) is 2.06. The maximum Gasteiger partial charge on any atom is 0.335 e. The number of hydrogen-bond acceptors (Lipinski definition) is 4. The average molecular weight is 291 g/mol. The molecule has 98 valence electrons. The van der Waals surface area contributed by atoms with E-state index in [0.717, 1.165) is 6.92 Å². The van der Waals surface area contributed by atoms with Crippen molar-refractivity contribution in [3.05, 3.63) is 28.8 Å². The predicted octanol–water partition coefficient (Wildman–Crippen LogP) is 1.18. The fourth-order valence-electron chi connectivity index (χ4n) is 1.11. The van der Waals surface area contributed by atoms with Gasteiger partial charge in [0.05, 0.1) is 4.90 Å². The topological polar surface area (TPSA) is 92.3 Å². The monoisotopic (exact) mass is 290 g/mol. The summed E-state index contributed by atoms with van der Waals surface area (Å²) in [6.45, 7) is 2.81. The zero-order chi connectivity index (χ0) is 13.9. The van der Waals surface area contributed by atoms with Gasteiger partial charge in [-0.25, -0.2) is 17.9 Å². The SMILES string of the molecule is CC(=O)NC(=O)NS(=O)(=O)c1ccc(C)c(Cl)c1. The first-order chi connectivity index (χ1) is 8.22. The Morgan fingerprint density at radius 2 is 1.89 bits per heavy atom. The molecule has 6 nitrogen and oxygen atoms in total. The number of rotatable bonds is 2. The summed E-state index contributed by atoms with van der Waals surface area (Å²) in [5.74, 6) is -0.662. The third-order valence-electron chi connectivity index (χ3n) is 1.97. The molecule has 8 heteroatoms. The molecule has 1 rings (SSSR count). The number of urea groups is 1. The number of halogens is 1. The largest absolute Gasteiger partial charge is 0.335 e. The highest BCUT2D eigenvalue weighted by Crippen LogP contribution is 2.19. The Bertz CT molecular complexity index is 598. The molecule has 0 atom stereocenters. The average Bonchev–Trinajstić information content (AvgIpc) is 2.19. The van der Waals surface area contributed by atoms with Crippen molar-refractivity contribution in [3.8, 4) is 0 Å². The lowest BCUT2D eigenvalue weighted by Gasteiger charge is -2.07. The molecule has 0 aliphatic heterocycles. The molecule has 0 spiro atoms. The van der Waals surface area contributed by atoms with E-state index in [2.05, 4.69) is 0 Å². The number of imide groups is 1. The van der Waals surface area contributed by atoms with Crippen LogP contribution in [0.2, 0.25) is 5.02 Å². The molecule has 0 heterocycles. The third kappa shape index (κ3) is 3.71. The van der Waals surface area contributed by atoms with Crippen LogP contribution >= 0.6 is 11.6 Å². The van der Waals surface area contributed by atoms with Crippen LogP contribution in [0.3, 0.4) is 0 Å². The van der Waals surface area contributed by atoms with Crippen LogP contribution in [0.15, 0.2) is 23.1 Å². The smallest absolute Gasteiger partial charge is 0.278 e. The summed E-state index contributed by atoms with van der Waals surface area (Å²) in [4.78, 5) is 21.6. The fraction of sp³-hybridized carbons (Fsp3) is 0.200. The Morgan fingerprint density at radius 1 is 1.28 bits per heavy atom. The van der Waals surface area contributed by atoms with E-state index in [1.165, 1.54) is 18.2 Å². The lowest BCUT2D eigenvalue weighted by molar-refractivity contribution is -0.117. The summed E-state index contributed by atoms with van der Waals surface area (Å²) in [7, 11) is -4.04. The lowest BCUT2D eigenvalue weighted by atomic mass is 10.2. The van der Waals surface area contributed by atoms with Crippen LogP contribution in [0.1, 0.15) is 12.5 Å². The maximum absolute atomic E-state index is 11.7. The molecular weight excluding hydrogens is 280 g/mol. The van der Waals surface area contributed by atoms with Crippen molar-refractivity contribution in [3.63, 3.8) is 0 Å². The second kappa shape index (κ2) is 5.36. The van der Waals surface area contributed by atoms with Crippen LogP contribution in [0, 0.1) is 6.92 Å². The molecule has 18 heavy (non-hydrogen) atoms. The van der Waals surface area contributed by atoms with Crippen molar-refractivity contribution in [1.29, 1.82) is 0 Å². The number of carbonyl (C=O) groups excluding carboxylic acids is 2. The number of aryl methyl sites for hydroxylation is 1. The van der Waals surface area contributed by atoms with Gasteiger partial charge in [0.15, 0.2) is 0 Å². The van der Waals surface area contributed by atoms with Crippen LogP contribution in [0.25, 0.3) is 0 Å². The van der Waals surface area contributed by atoms with E-state index in [1.807, 2.05) is 0 Å². The van der Waals surface area contributed by atoms with Gasteiger partial charge < -0.3 is 0 Å². The second-order valence-electron chi connectivity index (χ2n) is 3.53. The minimum Gasteiger partial charge on any atom is -0.278 e. The molecular formula is C10H11ClN2O4S. The molecule has 1 aromatic carbocycles. The normalized spacial score (nSPS) is 10.8. The maximum atomic E-state index is 11.7. The summed E-state index contributed by atoms with van der Waals surface area (Å²) < 4.78 is 25.2. The van der Waals surface area contributed by atoms with Gasteiger partial charge >= 0.3 is 6.03 Å². The number of nitrogens with one attached hydrogen (secondary N) is 2. The van der Waals surface area contributed by atoms with E-state index in [4.69, 9.17) is 11.6 Å². The van der Waals surface area contributed by atoms with E-state index in [0.29, 0.717) is 5.56 Å². The van der Waals surface area contributed by atoms with Crippen molar-refractivity contribution in [2.45, 2.75) is 18.7 Å². The standard InChI is InChI=1S/C10H11ClN2O4S/c1-6-3-4-8(5-9(6)11)18(16,17)13-10(15)12-7(2)14/h3-5H,1-2H3,(H2,12,13,14,15). The van der Waals surface area contributed by atoms with Gasteiger partial charge in [-0.15, -0.1) is 0 Å². The van der Waals surface area contributed by atoms with Crippen LogP contribution < -0.4 is 10.0 Å². The van der Waals surface area contributed by atoms with Crippen molar-refractivity contribution in [2.75, 3.05) is 0 Å². The summed E-state index contributed by atoms with van der Waals surface area (Å²) in [6.07, 6.45) is 0. The fourth-order valence-corrected chi connectivity index (χ4v) is 2.29. The van der Waals surface area contributed by atoms with Crippen LogP contribution in [-0.2, 0) is 14.8 Å². The molecule has 0 unspecified atom stereocenters. The Morgan fingerprint density at radius 3 is 2.39 bits per heavy atom. The lowest BCUT2D eigenvalue weighted by Crippen LogP contribution is -2.41. The number of amides is 3. The van der Waals surface area contributed by atoms with Crippen LogP contribution in [0.5, 0.6) is 0 Å². The van der Waals surface area contributed by atoms with Crippen molar-refractivity contribution in [2.24, 2.45) is 0 Å². The van der Waals surface area contributed by atoms with Gasteiger partial charge in [0.25, 0.3) is 10.0 Å². The molecule has 0 saturated heterocycles. The van der Waals surface area contributed by atoms with Gasteiger partial charge in [0.2, 0.25) is 5.91 Å².